The van der Waals surface area contributed by atoms with E-state index in [2.05, 4.69) is 38.0 Å². The molecule has 1 aliphatic rings. The van der Waals surface area contributed by atoms with Crippen molar-refractivity contribution in [1.29, 1.82) is 0 Å². The Balaban J connectivity index is 1.99. The van der Waals surface area contributed by atoms with Gasteiger partial charge in [0.05, 0.1) is 0 Å². The average molecular weight is 226 g/mol. The molecule has 0 aromatic heterocycles. The minimum Gasteiger partial charge on any atom is -0.315 e. The molecule has 0 saturated heterocycles. The van der Waals surface area contributed by atoms with E-state index in [1.165, 1.54) is 38.8 Å². The monoisotopic (exact) mass is 226 g/mol. The normalized spacial score (nSPS) is 26.6. The maximum atomic E-state index is 3.61. The summed E-state index contributed by atoms with van der Waals surface area (Å²) < 4.78 is 0. The summed E-state index contributed by atoms with van der Waals surface area (Å²) in [6, 6.07) is 0.664. The molecule has 0 heterocycles. The van der Waals surface area contributed by atoms with Gasteiger partial charge in [-0.05, 0) is 52.1 Å². The van der Waals surface area contributed by atoms with Crippen molar-refractivity contribution in [3.63, 3.8) is 0 Å². The maximum Gasteiger partial charge on any atom is 0.0106 e. The summed E-state index contributed by atoms with van der Waals surface area (Å²) in [5, 5.41) is 3.61. The predicted octanol–water partition coefficient (Wildman–Crippen LogP) is 2.74. The van der Waals surface area contributed by atoms with Crippen molar-refractivity contribution in [2.24, 2.45) is 11.8 Å². The first-order chi connectivity index (χ1) is 7.59. The van der Waals surface area contributed by atoms with E-state index in [0.717, 1.165) is 18.4 Å². The first kappa shape index (κ1) is 14.0. The second kappa shape index (κ2) is 7.29. The molecule has 0 radical (unpaired) electrons. The third kappa shape index (κ3) is 5.31. The molecule has 0 aliphatic heterocycles. The number of likely N-dealkylation sites (N-methyl/N-ethyl adjacent to an activating group) is 1. The molecule has 2 nitrogen and oxygen atoms in total. The third-order valence-corrected chi connectivity index (χ3v) is 4.09. The van der Waals surface area contributed by atoms with Gasteiger partial charge in [-0.25, -0.2) is 0 Å². The molecule has 1 aliphatic carbocycles. The summed E-state index contributed by atoms with van der Waals surface area (Å²) in [7, 11) is 2.20. The SMILES string of the molecule is CC1CCC(CNCCN(C)C(C)C)CC1. The quantitative estimate of drug-likeness (QED) is 0.701. The van der Waals surface area contributed by atoms with Crippen LogP contribution in [-0.4, -0.2) is 37.6 Å². The van der Waals surface area contributed by atoms with Gasteiger partial charge >= 0.3 is 0 Å². The highest BCUT2D eigenvalue weighted by Crippen LogP contribution is 2.27. The minimum atomic E-state index is 0.664. The molecule has 96 valence electrons. The van der Waals surface area contributed by atoms with Crippen molar-refractivity contribution >= 4 is 0 Å². The Morgan fingerprint density at radius 1 is 1.19 bits per heavy atom. The fourth-order valence-corrected chi connectivity index (χ4v) is 2.35. The summed E-state index contributed by atoms with van der Waals surface area (Å²) >= 11 is 0. The van der Waals surface area contributed by atoms with Crippen LogP contribution in [0.25, 0.3) is 0 Å². The highest BCUT2D eigenvalue weighted by Gasteiger charge is 2.17. The second-order valence-corrected chi connectivity index (χ2v) is 5.90. The maximum absolute atomic E-state index is 3.61. The van der Waals surface area contributed by atoms with Crippen LogP contribution in [0.2, 0.25) is 0 Å². The van der Waals surface area contributed by atoms with Gasteiger partial charge in [-0.15, -0.1) is 0 Å². The summed E-state index contributed by atoms with van der Waals surface area (Å²) in [4.78, 5) is 2.40. The summed E-state index contributed by atoms with van der Waals surface area (Å²) in [5.74, 6) is 1.92. The fraction of sp³-hybridized carbons (Fsp3) is 1.00. The first-order valence-corrected chi connectivity index (χ1v) is 7.00. The van der Waals surface area contributed by atoms with E-state index in [0.29, 0.717) is 6.04 Å². The second-order valence-electron chi connectivity index (χ2n) is 5.90. The van der Waals surface area contributed by atoms with Crippen molar-refractivity contribution in [2.75, 3.05) is 26.7 Å². The van der Waals surface area contributed by atoms with E-state index >= 15 is 0 Å². The highest BCUT2D eigenvalue weighted by atomic mass is 15.1. The van der Waals surface area contributed by atoms with Crippen molar-refractivity contribution in [2.45, 2.75) is 52.5 Å². The van der Waals surface area contributed by atoms with Crippen molar-refractivity contribution in [3.05, 3.63) is 0 Å². The van der Waals surface area contributed by atoms with Gasteiger partial charge in [0.1, 0.15) is 0 Å². The molecule has 1 saturated carbocycles. The topological polar surface area (TPSA) is 15.3 Å². The van der Waals surface area contributed by atoms with Gasteiger partial charge in [-0.3, -0.25) is 0 Å². The van der Waals surface area contributed by atoms with Crippen LogP contribution in [0.1, 0.15) is 46.5 Å². The minimum absolute atomic E-state index is 0.664. The number of nitrogens with one attached hydrogen (secondary N) is 1. The van der Waals surface area contributed by atoms with Crippen molar-refractivity contribution in [3.8, 4) is 0 Å². The molecule has 0 amide bonds. The zero-order valence-electron chi connectivity index (χ0n) is 11.6. The number of rotatable bonds is 6. The largest absolute Gasteiger partial charge is 0.315 e. The van der Waals surface area contributed by atoms with Crippen LogP contribution in [-0.2, 0) is 0 Å². The Morgan fingerprint density at radius 2 is 1.81 bits per heavy atom. The molecule has 0 aromatic rings. The van der Waals surface area contributed by atoms with Crippen molar-refractivity contribution in [1.82, 2.24) is 10.2 Å². The number of hydrogen-bond acceptors (Lipinski definition) is 2. The Hall–Kier alpha value is -0.0800. The van der Waals surface area contributed by atoms with Gasteiger partial charge < -0.3 is 10.2 Å². The standard InChI is InChI=1S/C14H30N2/c1-12(2)16(4)10-9-15-11-14-7-5-13(3)6-8-14/h12-15H,5-11H2,1-4H3. The van der Waals surface area contributed by atoms with E-state index in [1.807, 2.05) is 0 Å². The van der Waals surface area contributed by atoms with E-state index in [1.54, 1.807) is 0 Å². The van der Waals surface area contributed by atoms with Gasteiger partial charge in [-0.1, -0.05) is 19.8 Å². The van der Waals surface area contributed by atoms with Gasteiger partial charge in [0.25, 0.3) is 0 Å². The van der Waals surface area contributed by atoms with Crippen LogP contribution in [0.5, 0.6) is 0 Å². The Kier molecular flexibility index (Phi) is 6.37. The lowest BCUT2D eigenvalue weighted by molar-refractivity contribution is 0.256. The molecule has 0 bridgehead atoms. The van der Waals surface area contributed by atoms with E-state index < -0.39 is 0 Å². The molecule has 0 atom stereocenters. The molecule has 1 N–H and O–H groups in total. The number of hydrogen-bond donors (Lipinski definition) is 1. The first-order valence-electron chi connectivity index (χ1n) is 7.00. The molecule has 2 heteroatoms. The molecule has 1 rings (SSSR count). The molecule has 0 aromatic carbocycles. The zero-order chi connectivity index (χ0) is 12.0. The van der Waals surface area contributed by atoms with E-state index in [9.17, 15) is 0 Å². The van der Waals surface area contributed by atoms with Crippen LogP contribution >= 0.6 is 0 Å². The molecule has 0 unspecified atom stereocenters. The van der Waals surface area contributed by atoms with E-state index in [4.69, 9.17) is 0 Å². The lowest BCUT2D eigenvalue weighted by atomic mass is 9.83. The molecule has 0 spiro atoms. The predicted molar refractivity (Wildman–Crippen MR) is 71.8 cm³/mol. The molecule has 1 fully saturated rings. The van der Waals surface area contributed by atoms with Crippen LogP contribution in [0.15, 0.2) is 0 Å². The van der Waals surface area contributed by atoms with Crippen molar-refractivity contribution < 1.29 is 0 Å². The van der Waals surface area contributed by atoms with Gasteiger partial charge in [0.15, 0.2) is 0 Å². The Labute approximate surface area is 102 Å². The molecule has 16 heavy (non-hydrogen) atoms. The lowest BCUT2D eigenvalue weighted by Crippen LogP contribution is -2.35. The van der Waals surface area contributed by atoms with E-state index in [-0.39, 0.29) is 0 Å². The summed E-state index contributed by atoms with van der Waals surface area (Å²) in [5.41, 5.74) is 0. The zero-order valence-corrected chi connectivity index (χ0v) is 11.6. The number of nitrogens with zero attached hydrogens (tertiary/aromatic N) is 1. The fourth-order valence-electron chi connectivity index (χ4n) is 2.35. The Bertz CT molecular complexity index is 172. The van der Waals surface area contributed by atoms with Crippen LogP contribution in [0, 0.1) is 11.8 Å². The van der Waals surface area contributed by atoms with Crippen LogP contribution in [0.3, 0.4) is 0 Å². The summed E-state index contributed by atoms with van der Waals surface area (Å²) in [6.07, 6.45) is 5.76. The van der Waals surface area contributed by atoms with Crippen LogP contribution < -0.4 is 5.32 Å². The lowest BCUT2D eigenvalue weighted by Gasteiger charge is -2.27. The molecular formula is C14H30N2. The van der Waals surface area contributed by atoms with Gasteiger partial charge in [0.2, 0.25) is 0 Å². The van der Waals surface area contributed by atoms with Crippen LogP contribution in [0.4, 0.5) is 0 Å². The summed E-state index contributed by atoms with van der Waals surface area (Å²) in [6.45, 7) is 10.4. The highest BCUT2D eigenvalue weighted by molar-refractivity contribution is 4.72. The third-order valence-electron chi connectivity index (χ3n) is 4.09. The van der Waals surface area contributed by atoms with Gasteiger partial charge in [0, 0.05) is 19.1 Å². The smallest absolute Gasteiger partial charge is 0.0106 e. The molecular weight excluding hydrogens is 196 g/mol. The van der Waals surface area contributed by atoms with Gasteiger partial charge in [-0.2, -0.15) is 0 Å². The average Bonchev–Trinajstić information content (AvgIpc) is 2.26. The Morgan fingerprint density at radius 3 is 2.38 bits per heavy atom.